The number of nitro benzene ring substituents is 1. The predicted molar refractivity (Wildman–Crippen MR) is 91.9 cm³/mol. The number of carbonyl (C=O) groups excluding carboxylic acids is 4. The Labute approximate surface area is 154 Å². The van der Waals surface area contributed by atoms with Crippen LogP contribution in [-0.2, 0) is 14.3 Å². The van der Waals surface area contributed by atoms with Gasteiger partial charge in [-0.25, -0.2) is 0 Å². The highest BCUT2D eigenvalue weighted by atomic mass is 16.6. The van der Waals surface area contributed by atoms with Gasteiger partial charge in [-0.15, -0.1) is 0 Å². The molecule has 144 valence electrons. The summed E-state index contributed by atoms with van der Waals surface area (Å²) in [5.41, 5.74) is -1.01. The van der Waals surface area contributed by atoms with E-state index in [2.05, 4.69) is 5.32 Å². The third-order valence-electron chi connectivity index (χ3n) is 3.95. The SMILES string of the molecule is CCC[C@H](C)NC(=O)COC(=O)CN1C(=O)c2cccc([N+](=O)[O-])c2C1=O. The van der Waals surface area contributed by atoms with Gasteiger partial charge in [0.15, 0.2) is 6.61 Å². The maximum Gasteiger partial charge on any atom is 0.326 e. The zero-order valence-electron chi connectivity index (χ0n) is 14.9. The van der Waals surface area contributed by atoms with Crippen LogP contribution in [0.4, 0.5) is 5.69 Å². The first-order valence-electron chi connectivity index (χ1n) is 8.34. The molecule has 0 saturated heterocycles. The van der Waals surface area contributed by atoms with Gasteiger partial charge >= 0.3 is 5.97 Å². The number of hydrogen-bond acceptors (Lipinski definition) is 7. The highest BCUT2D eigenvalue weighted by Crippen LogP contribution is 2.30. The molecular weight excluding hydrogens is 358 g/mol. The van der Waals surface area contributed by atoms with Crippen molar-refractivity contribution in [3.63, 3.8) is 0 Å². The van der Waals surface area contributed by atoms with E-state index in [-0.39, 0.29) is 17.2 Å². The van der Waals surface area contributed by atoms with Gasteiger partial charge in [-0.3, -0.25) is 34.2 Å². The van der Waals surface area contributed by atoms with Crippen molar-refractivity contribution in [1.82, 2.24) is 10.2 Å². The second-order valence-corrected chi connectivity index (χ2v) is 6.07. The van der Waals surface area contributed by atoms with Crippen LogP contribution in [0.2, 0.25) is 0 Å². The van der Waals surface area contributed by atoms with Crippen molar-refractivity contribution < 1.29 is 28.8 Å². The van der Waals surface area contributed by atoms with Crippen LogP contribution in [0.15, 0.2) is 18.2 Å². The summed E-state index contributed by atoms with van der Waals surface area (Å²) in [5.74, 6) is -3.23. The zero-order valence-corrected chi connectivity index (χ0v) is 14.9. The minimum Gasteiger partial charge on any atom is -0.454 e. The number of ether oxygens (including phenoxy) is 1. The first kappa shape index (κ1) is 20.0. The molecule has 3 amide bonds. The summed E-state index contributed by atoms with van der Waals surface area (Å²) in [6, 6.07) is 3.59. The van der Waals surface area contributed by atoms with Crippen LogP contribution in [0.1, 0.15) is 47.4 Å². The van der Waals surface area contributed by atoms with E-state index in [9.17, 15) is 29.3 Å². The summed E-state index contributed by atoms with van der Waals surface area (Å²) in [5, 5.41) is 13.7. The van der Waals surface area contributed by atoms with Crippen molar-refractivity contribution >= 4 is 29.4 Å². The van der Waals surface area contributed by atoms with Gasteiger partial charge in [-0.05, 0) is 19.4 Å². The lowest BCUT2D eigenvalue weighted by molar-refractivity contribution is -0.385. The Kier molecular flexibility index (Phi) is 6.22. The maximum atomic E-state index is 12.3. The molecule has 1 aliphatic rings. The molecule has 0 aromatic heterocycles. The average Bonchev–Trinajstić information content (AvgIpc) is 2.85. The van der Waals surface area contributed by atoms with E-state index in [4.69, 9.17) is 4.74 Å². The van der Waals surface area contributed by atoms with Gasteiger partial charge in [-0.2, -0.15) is 0 Å². The molecular formula is C17H19N3O7. The number of rotatable bonds is 8. The van der Waals surface area contributed by atoms with Gasteiger partial charge in [0.05, 0.1) is 10.5 Å². The lowest BCUT2D eigenvalue weighted by atomic mass is 10.1. The number of imide groups is 1. The summed E-state index contributed by atoms with van der Waals surface area (Å²) in [6.45, 7) is 2.50. The second-order valence-electron chi connectivity index (χ2n) is 6.07. The summed E-state index contributed by atoms with van der Waals surface area (Å²) < 4.78 is 4.79. The Balaban J connectivity index is 1.98. The normalized spacial score (nSPS) is 13.9. The molecule has 0 aliphatic carbocycles. The Morgan fingerprint density at radius 1 is 1.30 bits per heavy atom. The molecule has 1 aromatic carbocycles. The number of esters is 1. The number of hydrogen-bond donors (Lipinski definition) is 1. The fourth-order valence-electron chi connectivity index (χ4n) is 2.75. The molecule has 2 rings (SSSR count). The molecule has 1 atom stereocenters. The van der Waals surface area contributed by atoms with Gasteiger partial charge in [-0.1, -0.05) is 19.4 Å². The fraction of sp³-hybridized carbons (Fsp3) is 0.412. The zero-order chi connectivity index (χ0) is 20.1. The van der Waals surface area contributed by atoms with Crippen LogP contribution in [0.25, 0.3) is 0 Å². The number of nitrogens with one attached hydrogen (secondary N) is 1. The quantitative estimate of drug-likeness (QED) is 0.309. The molecule has 10 nitrogen and oxygen atoms in total. The lowest BCUT2D eigenvalue weighted by Gasteiger charge is -2.14. The van der Waals surface area contributed by atoms with E-state index in [0.29, 0.717) is 4.90 Å². The summed E-state index contributed by atoms with van der Waals surface area (Å²) in [6.07, 6.45) is 1.65. The smallest absolute Gasteiger partial charge is 0.326 e. The summed E-state index contributed by atoms with van der Waals surface area (Å²) in [7, 11) is 0. The van der Waals surface area contributed by atoms with Gasteiger partial charge in [0, 0.05) is 12.1 Å². The topological polar surface area (TPSA) is 136 Å². The Bertz CT molecular complexity index is 806. The number of carbonyl (C=O) groups is 4. The Morgan fingerprint density at radius 2 is 2.00 bits per heavy atom. The van der Waals surface area contributed by atoms with E-state index in [1.807, 2.05) is 13.8 Å². The highest BCUT2D eigenvalue weighted by molar-refractivity contribution is 6.24. The average molecular weight is 377 g/mol. The molecule has 10 heteroatoms. The van der Waals surface area contributed by atoms with E-state index in [1.165, 1.54) is 12.1 Å². The third kappa shape index (κ3) is 4.46. The highest BCUT2D eigenvalue weighted by Gasteiger charge is 2.41. The summed E-state index contributed by atoms with van der Waals surface area (Å²) >= 11 is 0. The van der Waals surface area contributed by atoms with Crippen molar-refractivity contribution in [3.8, 4) is 0 Å². The summed E-state index contributed by atoms with van der Waals surface area (Å²) in [4.78, 5) is 59.0. The monoisotopic (exact) mass is 377 g/mol. The molecule has 0 unspecified atom stereocenters. The molecule has 1 aliphatic heterocycles. The molecule has 0 spiro atoms. The fourth-order valence-corrected chi connectivity index (χ4v) is 2.75. The molecule has 1 heterocycles. The molecule has 0 saturated carbocycles. The van der Waals surface area contributed by atoms with Crippen LogP contribution < -0.4 is 5.32 Å². The number of nitrogens with zero attached hydrogens (tertiary/aromatic N) is 2. The Morgan fingerprint density at radius 3 is 2.63 bits per heavy atom. The van der Waals surface area contributed by atoms with Crippen molar-refractivity contribution in [3.05, 3.63) is 39.4 Å². The molecule has 0 fully saturated rings. The number of nitro groups is 1. The van der Waals surface area contributed by atoms with Crippen molar-refractivity contribution in [1.29, 1.82) is 0 Å². The molecule has 27 heavy (non-hydrogen) atoms. The molecule has 0 radical (unpaired) electrons. The van der Waals surface area contributed by atoms with Gasteiger partial charge in [0.2, 0.25) is 0 Å². The van der Waals surface area contributed by atoms with Crippen LogP contribution in [-0.4, -0.2) is 52.7 Å². The number of benzene rings is 1. The second kappa shape index (κ2) is 8.39. The maximum absolute atomic E-state index is 12.3. The first-order valence-corrected chi connectivity index (χ1v) is 8.34. The molecule has 1 aromatic rings. The predicted octanol–water partition coefficient (Wildman–Crippen LogP) is 1.04. The first-order chi connectivity index (χ1) is 12.8. The van der Waals surface area contributed by atoms with Crippen LogP contribution >= 0.6 is 0 Å². The van der Waals surface area contributed by atoms with Crippen LogP contribution in [0, 0.1) is 10.1 Å². The molecule has 1 N–H and O–H groups in total. The van der Waals surface area contributed by atoms with Crippen molar-refractivity contribution in [2.24, 2.45) is 0 Å². The number of fused-ring (bicyclic) bond motifs is 1. The van der Waals surface area contributed by atoms with E-state index >= 15 is 0 Å². The lowest BCUT2D eigenvalue weighted by Crippen LogP contribution is -2.39. The van der Waals surface area contributed by atoms with Crippen molar-refractivity contribution in [2.75, 3.05) is 13.2 Å². The van der Waals surface area contributed by atoms with E-state index in [0.717, 1.165) is 18.9 Å². The van der Waals surface area contributed by atoms with E-state index in [1.54, 1.807) is 0 Å². The largest absolute Gasteiger partial charge is 0.454 e. The minimum atomic E-state index is -0.967. The standard InChI is InChI=1S/C17H19N3O7/c1-3-5-10(2)18-13(21)9-27-14(22)8-19-16(23)11-6-4-7-12(20(25)26)15(11)17(19)24/h4,6-7,10H,3,5,8-9H2,1-2H3,(H,18,21)/t10-/m0/s1. The minimum absolute atomic E-state index is 0.0713. The van der Waals surface area contributed by atoms with Gasteiger partial charge < -0.3 is 10.1 Å². The van der Waals surface area contributed by atoms with Crippen molar-refractivity contribution in [2.45, 2.75) is 32.7 Å². The van der Waals surface area contributed by atoms with Gasteiger partial charge in [0.1, 0.15) is 12.1 Å². The van der Waals surface area contributed by atoms with Crippen LogP contribution in [0.5, 0.6) is 0 Å². The molecule has 0 bridgehead atoms. The Hall–Kier alpha value is -3.30. The van der Waals surface area contributed by atoms with E-state index < -0.39 is 47.5 Å². The third-order valence-corrected chi connectivity index (χ3v) is 3.95. The van der Waals surface area contributed by atoms with Crippen LogP contribution in [0.3, 0.4) is 0 Å². The van der Waals surface area contributed by atoms with Gasteiger partial charge in [0.25, 0.3) is 23.4 Å². The number of amides is 3.